The smallest absolute Gasteiger partial charge is 0.287 e. The van der Waals surface area contributed by atoms with Crippen molar-refractivity contribution in [1.29, 1.82) is 0 Å². The second kappa shape index (κ2) is 4.52. The molecule has 106 valence electrons. The molecule has 2 rings (SSSR count). The molecular weight excluding hydrogens is 291 g/mol. The van der Waals surface area contributed by atoms with Gasteiger partial charge in [0.25, 0.3) is 0 Å². The topological polar surface area (TPSA) is 67.3 Å². The molecule has 0 saturated carbocycles. The summed E-state index contributed by atoms with van der Waals surface area (Å²) in [5, 5.41) is 0.989. The number of rotatable bonds is 2. The maximum absolute atomic E-state index is 12.9. The van der Waals surface area contributed by atoms with Gasteiger partial charge >= 0.3 is 10.2 Å². The first-order valence-electron chi connectivity index (χ1n) is 5.79. The maximum atomic E-state index is 12.9. The van der Waals surface area contributed by atoms with Crippen molar-refractivity contribution in [3.8, 4) is 0 Å². The first-order valence-corrected chi connectivity index (χ1v) is 8.11. The van der Waals surface area contributed by atoms with Gasteiger partial charge in [0.1, 0.15) is 5.25 Å². The fourth-order valence-corrected chi connectivity index (χ4v) is 3.53. The average molecular weight is 306 g/mol. The van der Waals surface area contributed by atoms with Gasteiger partial charge in [-0.15, -0.1) is 15.2 Å². The molecule has 1 aliphatic rings. The minimum Gasteiger partial charge on any atom is -0.287 e. The largest absolute Gasteiger partial charge is 0.307 e. The number of halogens is 1. The first kappa shape index (κ1) is 14.4. The number of nitrogens with zero attached hydrogens (tertiary/aromatic N) is 2. The van der Waals surface area contributed by atoms with Gasteiger partial charge in [-0.3, -0.25) is 9.69 Å². The molecule has 1 aliphatic heterocycles. The molecule has 1 aromatic rings. The zero-order chi connectivity index (χ0) is 14.4. The Hall–Kier alpha value is -1.02. The number of hydrogen-bond acceptors (Lipinski definition) is 5. The van der Waals surface area contributed by atoms with E-state index < -0.39 is 21.4 Å². The molecule has 1 aromatic heterocycles. The van der Waals surface area contributed by atoms with E-state index >= 15 is 0 Å². The maximum Gasteiger partial charge on any atom is 0.307 e. The summed E-state index contributed by atoms with van der Waals surface area (Å²) in [6.07, 6.45) is -0.316. The van der Waals surface area contributed by atoms with E-state index in [1.54, 1.807) is 0 Å². The lowest BCUT2D eigenvalue weighted by atomic mass is 9.93. The highest BCUT2D eigenvalue weighted by Gasteiger charge is 2.40. The van der Waals surface area contributed by atoms with Gasteiger partial charge in [-0.1, -0.05) is 20.8 Å². The van der Waals surface area contributed by atoms with Gasteiger partial charge in [0.05, 0.1) is 5.69 Å². The van der Waals surface area contributed by atoms with E-state index in [9.17, 15) is 17.1 Å². The number of amides is 1. The van der Waals surface area contributed by atoms with Crippen molar-refractivity contribution in [1.82, 2.24) is 4.98 Å². The van der Waals surface area contributed by atoms with Crippen molar-refractivity contribution in [3.05, 3.63) is 11.1 Å². The number of carbonyl (C=O) groups is 1. The van der Waals surface area contributed by atoms with Crippen LogP contribution in [0, 0.1) is 0 Å². The number of aromatic nitrogens is 1. The van der Waals surface area contributed by atoms with Gasteiger partial charge in [0.15, 0.2) is 5.13 Å². The van der Waals surface area contributed by atoms with Crippen LogP contribution < -0.4 is 4.90 Å². The molecule has 19 heavy (non-hydrogen) atoms. The molecule has 1 saturated heterocycles. The van der Waals surface area contributed by atoms with Crippen molar-refractivity contribution in [3.63, 3.8) is 0 Å². The highest BCUT2D eigenvalue weighted by molar-refractivity contribution is 7.87. The third-order valence-electron chi connectivity index (χ3n) is 2.98. The minimum atomic E-state index is -4.68. The normalized spacial score (nSPS) is 21.2. The second-order valence-corrected chi connectivity index (χ2v) is 8.03. The van der Waals surface area contributed by atoms with E-state index in [0.29, 0.717) is 5.13 Å². The lowest BCUT2D eigenvalue weighted by molar-refractivity contribution is -0.117. The molecule has 0 bridgehead atoms. The molecule has 0 aromatic carbocycles. The quantitative estimate of drug-likeness (QED) is 0.782. The van der Waals surface area contributed by atoms with Gasteiger partial charge in [0, 0.05) is 23.8 Å². The third kappa shape index (κ3) is 2.94. The van der Waals surface area contributed by atoms with Gasteiger partial charge in [0.2, 0.25) is 5.91 Å². The molecule has 5 nitrogen and oxygen atoms in total. The van der Waals surface area contributed by atoms with Crippen LogP contribution in [0.15, 0.2) is 5.38 Å². The van der Waals surface area contributed by atoms with Crippen LogP contribution in [0.4, 0.5) is 9.02 Å². The van der Waals surface area contributed by atoms with Crippen LogP contribution in [0.3, 0.4) is 0 Å². The monoisotopic (exact) mass is 306 g/mol. The summed E-state index contributed by atoms with van der Waals surface area (Å²) < 4.78 is 34.6. The number of anilines is 1. The SMILES string of the molecule is CC(C)(C)c1csc(N2CC(S(=O)(=O)F)CC2=O)n1. The third-order valence-corrected chi connectivity index (χ3v) is 4.95. The van der Waals surface area contributed by atoms with E-state index in [-0.39, 0.29) is 18.4 Å². The van der Waals surface area contributed by atoms with Crippen LogP contribution >= 0.6 is 11.3 Å². The summed E-state index contributed by atoms with van der Waals surface area (Å²) in [5.41, 5.74) is 0.676. The molecule has 0 aliphatic carbocycles. The molecule has 1 amide bonds. The molecule has 2 heterocycles. The summed E-state index contributed by atoms with van der Waals surface area (Å²) in [7, 11) is -4.68. The Morgan fingerprint density at radius 3 is 2.53 bits per heavy atom. The number of hydrogen-bond donors (Lipinski definition) is 0. The van der Waals surface area contributed by atoms with E-state index in [1.165, 1.54) is 16.2 Å². The van der Waals surface area contributed by atoms with Crippen molar-refractivity contribution in [2.24, 2.45) is 0 Å². The number of carbonyl (C=O) groups excluding carboxylic acids is 1. The van der Waals surface area contributed by atoms with Gasteiger partial charge in [-0.05, 0) is 0 Å². The Balaban J connectivity index is 2.24. The van der Waals surface area contributed by atoms with Crippen LogP contribution in [-0.2, 0) is 20.4 Å². The molecule has 1 fully saturated rings. The van der Waals surface area contributed by atoms with Crippen molar-refractivity contribution >= 4 is 32.6 Å². The predicted octanol–water partition coefficient (Wildman–Crippen LogP) is 1.85. The molecule has 1 unspecified atom stereocenters. The predicted molar refractivity (Wildman–Crippen MR) is 71.6 cm³/mol. The minimum absolute atomic E-state index is 0.150. The number of thiazole rings is 1. The Kier molecular flexibility index (Phi) is 3.42. The van der Waals surface area contributed by atoms with E-state index in [1.807, 2.05) is 26.2 Å². The van der Waals surface area contributed by atoms with Crippen LogP contribution in [0.2, 0.25) is 0 Å². The highest BCUT2D eigenvalue weighted by atomic mass is 32.3. The molecule has 0 radical (unpaired) electrons. The van der Waals surface area contributed by atoms with Gasteiger partial charge in [-0.25, -0.2) is 4.98 Å². The Morgan fingerprint density at radius 1 is 1.47 bits per heavy atom. The molecule has 1 atom stereocenters. The molecule has 8 heteroatoms. The molecular formula is C11H15FN2O3S2. The van der Waals surface area contributed by atoms with Crippen LogP contribution in [0.25, 0.3) is 0 Å². The first-order chi connectivity index (χ1) is 8.59. The van der Waals surface area contributed by atoms with Gasteiger partial charge < -0.3 is 0 Å². The van der Waals surface area contributed by atoms with Crippen LogP contribution in [0.1, 0.15) is 32.9 Å². The highest BCUT2D eigenvalue weighted by Crippen LogP contribution is 2.32. The summed E-state index contributed by atoms with van der Waals surface area (Å²) >= 11 is 1.27. The summed E-state index contributed by atoms with van der Waals surface area (Å²) in [5.74, 6) is -0.402. The average Bonchev–Trinajstić information content (AvgIpc) is 2.80. The van der Waals surface area contributed by atoms with Crippen LogP contribution in [-0.4, -0.2) is 31.1 Å². The van der Waals surface area contributed by atoms with Crippen molar-refractivity contribution in [2.75, 3.05) is 11.4 Å². The summed E-state index contributed by atoms with van der Waals surface area (Å²) in [6, 6.07) is 0. The fourth-order valence-electron chi connectivity index (χ4n) is 1.78. The van der Waals surface area contributed by atoms with E-state index in [2.05, 4.69) is 4.98 Å². The Bertz CT molecular complexity index is 604. The second-order valence-electron chi connectivity index (χ2n) is 5.57. The Labute approximate surface area is 115 Å². The lowest BCUT2D eigenvalue weighted by Gasteiger charge is -2.15. The molecule has 0 N–H and O–H groups in total. The van der Waals surface area contributed by atoms with Crippen LogP contribution in [0.5, 0.6) is 0 Å². The molecule has 0 spiro atoms. The van der Waals surface area contributed by atoms with Crippen molar-refractivity contribution in [2.45, 2.75) is 37.9 Å². The summed E-state index contributed by atoms with van der Waals surface area (Å²) in [6.45, 7) is 5.82. The van der Waals surface area contributed by atoms with E-state index in [0.717, 1.165) is 5.69 Å². The zero-order valence-electron chi connectivity index (χ0n) is 10.9. The lowest BCUT2D eigenvalue weighted by Crippen LogP contribution is -2.27. The van der Waals surface area contributed by atoms with Gasteiger partial charge in [-0.2, -0.15) is 8.42 Å². The Morgan fingerprint density at radius 2 is 2.11 bits per heavy atom. The fraction of sp³-hybridized carbons (Fsp3) is 0.636. The zero-order valence-corrected chi connectivity index (χ0v) is 12.5. The standard InChI is InChI=1S/C11H15FN2O3S2/c1-11(2,3)8-6-18-10(13-8)14-5-7(4-9(14)15)19(12,16)17/h6-7H,4-5H2,1-3H3. The summed E-state index contributed by atoms with van der Waals surface area (Å²) in [4.78, 5) is 17.3. The van der Waals surface area contributed by atoms with Crippen molar-refractivity contribution < 1.29 is 17.1 Å². The van der Waals surface area contributed by atoms with E-state index in [4.69, 9.17) is 0 Å².